The van der Waals surface area contributed by atoms with Gasteiger partial charge in [0.2, 0.25) is 0 Å². The fourth-order valence-corrected chi connectivity index (χ4v) is 3.83. The first-order valence-electron chi connectivity index (χ1n) is 6.37. The molecule has 0 bridgehead atoms. The summed E-state index contributed by atoms with van der Waals surface area (Å²) in [4.78, 5) is 2.60. The van der Waals surface area contributed by atoms with Crippen LogP contribution in [0, 0.1) is 0 Å². The van der Waals surface area contributed by atoms with Gasteiger partial charge in [0.1, 0.15) is 0 Å². The number of thiophene rings is 1. The van der Waals surface area contributed by atoms with Crippen LogP contribution < -0.4 is 5.32 Å². The average molecular weight is 312 g/mol. The molecule has 1 heterocycles. The number of thioether (sulfide) groups is 1. The Labute approximate surface area is 128 Å². The molecule has 0 saturated heterocycles. The van der Waals surface area contributed by atoms with E-state index in [1.165, 1.54) is 15.3 Å². The molecule has 0 amide bonds. The molecule has 0 saturated carbocycles. The number of hydrogen-bond donors (Lipinski definition) is 1. The lowest BCUT2D eigenvalue weighted by molar-refractivity contribution is 0.599. The molecule has 2 aromatic rings. The third-order valence-corrected chi connectivity index (χ3v) is 5.03. The first-order chi connectivity index (χ1) is 9.26. The molecule has 1 atom stereocenters. The van der Waals surface area contributed by atoms with Crippen molar-refractivity contribution < 1.29 is 0 Å². The molecule has 2 rings (SSSR count). The normalized spacial score (nSPS) is 12.6. The van der Waals surface area contributed by atoms with Crippen LogP contribution in [-0.4, -0.2) is 12.8 Å². The highest BCUT2D eigenvalue weighted by Gasteiger charge is 2.18. The third-order valence-electron chi connectivity index (χ3n) is 2.93. The zero-order valence-electron chi connectivity index (χ0n) is 11.2. The second kappa shape index (κ2) is 7.34. The molecule has 0 radical (unpaired) electrons. The van der Waals surface area contributed by atoms with Gasteiger partial charge in [0.15, 0.2) is 0 Å². The summed E-state index contributed by atoms with van der Waals surface area (Å²) in [5.41, 5.74) is 1.34. The molecule has 1 unspecified atom stereocenters. The van der Waals surface area contributed by atoms with Gasteiger partial charge in [0.25, 0.3) is 0 Å². The SMILES string of the molecule is CCCNC(c1ccc(Cl)s1)c1ccccc1SC. The van der Waals surface area contributed by atoms with E-state index in [1.54, 1.807) is 23.1 Å². The molecule has 0 aliphatic carbocycles. The molecule has 0 spiro atoms. The molecule has 1 N–H and O–H groups in total. The Kier molecular flexibility index (Phi) is 5.76. The number of halogens is 1. The van der Waals surface area contributed by atoms with Crippen molar-refractivity contribution in [1.82, 2.24) is 5.32 Å². The van der Waals surface area contributed by atoms with E-state index >= 15 is 0 Å². The Hall–Kier alpha value is -0.480. The molecule has 1 aromatic carbocycles. The van der Waals surface area contributed by atoms with E-state index in [-0.39, 0.29) is 6.04 Å². The van der Waals surface area contributed by atoms with Gasteiger partial charge >= 0.3 is 0 Å². The van der Waals surface area contributed by atoms with Crippen molar-refractivity contribution in [2.75, 3.05) is 12.8 Å². The van der Waals surface area contributed by atoms with Gasteiger partial charge in [0.05, 0.1) is 10.4 Å². The maximum Gasteiger partial charge on any atom is 0.0931 e. The van der Waals surface area contributed by atoms with Gasteiger partial charge in [-0.3, -0.25) is 0 Å². The molecule has 0 aliphatic heterocycles. The van der Waals surface area contributed by atoms with E-state index < -0.39 is 0 Å². The number of nitrogens with one attached hydrogen (secondary N) is 1. The van der Waals surface area contributed by atoms with Crippen LogP contribution in [0.4, 0.5) is 0 Å². The standard InChI is InChI=1S/C15H18ClNS2/c1-3-10-17-15(13-8-9-14(16)19-13)11-6-4-5-7-12(11)18-2/h4-9,15,17H,3,10H2,1-2H3. The maximum absolute atomic E-state index is 6.09. The van der Waals surface area contributed by atoms with Crippen LogP contribution in [0.15, 0.2) is 41.3 Å². The molecule has 0 aliphatic rings. The van der Waals surface area contributed by atoms with Crippen LogP contribution in [0.2, 0.25) is 4.34 Å². The predicted molar refractivity (Wildman–Crippen MR) is 87.7 cm³/mol. The molecule has 19 heavy (non-hydrogen) atoms. The lowest BCUT2D eigenvalue weighted by Gasteiger charge is -2.20. The van der Waals surface area contributed by atoms with E-state index in [1.807, 2.05) is 6.07 Å². The van der Waals surface area contributed by atoms with Gasteiger partial charge in [-0.2, -0.15) is 0 Å². The van der Waals surface area contributed by atoms with E-state index in [0.717, 1.165) is 17.3 Å². The first-order valence-corrected chi connectivity index (χ1v) is 8.79. The second-order valence-corrected chi connectivity index (χ2v) is 6.87. The summed E-state index contributed by atoms with van der Waals surface area (Å²) in [5, 5.41) is 3.63. The van der Waals surface area contributed by atoms with Crippen molar-refractivity contribution in [3.63, 3.8) is 0 Å². The van der Waals surface area contributed by atoms with Gasteiger partial charge in [-0.25, -0.2) is 0 Å². The van der Waals surface area contributed by atoms with Crippen molar-refractivity contribution in [2.45, 2.75) is 24.3 Å². The van der Waals surface area contributed by atoms with Crippen molar-refractivity contribution in [3.8, 4) is 0 Å². The molecule has 102 valence electrons. The topological polar surface area (TPSA) is 12.0 Å². The van der Waals surface area contributed by atoms with E-state index in [0.29, 0.717) is 0 Å². The highest BCUT2D eigenvalue weighted by molar-refractivity contribution is 7.98. The van der Waals surface area contributed by atoms with Crippen molar-refractivity contribution >= 4 is 34.7 Å². The number of hydrogen-bond acceptors (Lipinski definition) is 3. The van der Waals surface area contributed by atoms with Crippen molar-refractivity contribution in [3.05, 3.63) is 51.2 Å². The third kappa shape index (κ3) is 3.76. The molecular formula is C15H18ClNS2. The predicted octanol–water partition coefficient (Wildman–Crippen LogP) is 5.21. The minimum atomic E-state index is 0.237. The Morgan fingerprint density at radius 1 is 1.26 bits per heavy atom. The zero-order valence-corrected chi connectivity index (χ0v) is 13.5. The summed E-state index contributed by atoms with van der Waals surface area (Å²) in [6.07, 6.45) is 3.24. The van der Waals surface area contributed by atoms with E-state index in [4.69, 9.17) is 11.6 Å². The fourth-order valence-electron chi connectivity index (χ4n) is 2.04. The lowest BCUT2D eigenvalue weighted by atomic mass is 10.1. The van der Waals surface area contributed by atoms with Crippen LogP contribution in [0.25, 0.3) is 0 Å². The monoisotopic (exact) mass is 311 g/mol. The zero-order chi connectivity index (χ0) is 13.7. The number of rotatable bonds is 6. The molecule has 4 heteroatoms. The summed E-state index contributed by atoms with van der Waals surface area (Å²) in [6.45, 7) is 3.19. The maximum atomic E-state index is 6.09. The molecule has 0 fully saturated rings. The quantitative estimate of drug-likeness (QED) is 0.735. The highest BCUT2D eigenvalue weighted by Crippen LogP contribution is 2.35. The van der Waals surface area contributed by atoms with Crippen LogP contribution in [0.3, 0.4) is 0 Å². The largest absolute Gasteiger partial charge is 0.306 e. The average Bonchev–Trinajstić information content (AvgIpc) is 2.86. The minimum Gasteiger partial charge on any atom is -0.306 e. The summed E-state index contributed by atoms with van der Waals surface area (Å²) >= 11 is 9.53. The Balaban J connectivity index is 2.36. The molecular weight excluding hydrogens is 294 g/mol. The summed E-state index contributed by atoms with van der Waals surface area (Å²) in [7, 11) is 0. The van der Waals surface area contributed by atoms with Crippen LogP contribution >= 0.6 is 34.7 Å². The van der Waals surface area contributed by atoms with Crippen LogP contribution in [-0.2, 0) is 0 Å². The van der Waals surface area contributed by atoms with Gasteiger partial charge in [-0.15, -0.1) is 23.1 Å². The lowest BCUT2D eigenvalue weighted by Crippen LogP contribution is -2.22. The fraction of sp³-hybridized carbons (Fsp3) is 0.333. The Bertz CT molecular complexity index is 524. The van der Waals surface area contributed by atoms with Gasteiger partial charge in [0, 0.05) is 9.77 Å². The minimum absolute atomic E-state index is 0.237. The van der Waals surface area contributed by atoms with E-state index in [9.17, 15) is 0 Å². The first kappa shape index (κ1) is 14.9. The number of benzene rings is 1. The van der Waals surface area contributed by atoms with Gasteiger partial charge in [-0.1, -0.05) is 36.7 Å². The van der Waals surface area contributed by atoms with Crippen molar-refractivity contribution in [2.24, 2.45) is 0 Å². The molecule has 1 nitrogen and oxygen atoms in total. The summed E-state index contributed by atoms with van der Waals surface area (Å²) in [6, 6.07) is 12.9. The summed E-state index contributed by atoms with van der Waals surface area (Å²) < 4.78 is 0.847. The second-order valence-electron chi connectivity index (χ2n) is 4.27. The summed E-state index contributed by atoms with van der Waals surface area (Å²) in [5.74, 6) is 0. The van der Waals surface area contributed by atoms with Crippen LogP contribution in [0.1, 0.15) is 29.8 Å². The van der Waals surface area contributed by atoms with E-state index in [2.05, 4.69) is 48.8 Å². The van der Waals surface area contributed by atoms with Gasteiger partial charge < -0.3 is 5.32 Å². The van der Waals surface area contributed by atoms with Crippen LogP contribution in [0.5, 0.6) is 0 Å². The smallest absolute Gasteiger partial charge is 0.0931 e. The van der Waals surface area contributed by atoms with Crippen molar-refractivity contribution in [1.29, 1.82) is 0 Å². The highest BCUT2D eigenvalue weighted by atomic mass is 35.5. The molecule has 1 aromatic heterocycles. The Morgan fingerprint density at radius 2 is 2.05 bits per heavy atom. The Morgan fingerprint density at radius 3 is 2.68 bits per heavy atom. The van der Waals surface area contributed by atoms with Gasteiger partial charge in [-0.05, 0) is 43.0 Å².